The van der Waals surface area contributed by atoms with Crippen LogP contribution in [0.2, 0.25) is 4.34 Å². The van der Waals surface area contributed by atoms with Crippen LogP contribution in [0.5, 0.6) is 0 Å². The van der Waals surface area contributed by atoms with E-state index in [-0.39, 0.29) is 18.4 Å². The maximum atomic E-state index is 10.9. The number of thiophene rings is 1. The number of nitrogens with two attached hydrogens (primary N) is 2. The van der Waals surface area contributed by atoms with Crippen molar-refractivity contribution in [3.05, 3.63) is 21.3 Å². The molecule has 1 unspecified atom stereocenters. The second-order valence-electron chi connectivity index (χ2n) is 2.52. The van der Waals surface area contributed by atoms with Crippen molar-refractivity contribution in [2.24, 2.45) is 11.6 Å². The molecule has 6 heteroatoms. The van der Waals surface area contributed by atoms with Crippen molar-refractivity contribution in [2.75, 3.05) is 0 Å². The highest BCUT2D eigenvalue weighted by Gasteiger charge is 2.12. The molecule has 1 aromatic rings. The molecule has 0 aliphatic heterocycles. The van der Waals surface area contributed by atoms with Gasteiger partial charge in [-0.15, -0.1) is 11.3 Å². The molecular formula is C7H10ClN3OS. The largest absolute Gasteiger partial charge is 0.323 e. The number of hydrogen-bond acceptors (Lipinski definition) is 4. The highest BCUT2D eigenvalue weighted by molar-refractivity contribution is 7.16. The van der Waals surface area contributed by atoms with E-state index in [4.69, 9.17) is 23.2 Å². The molecule has 1 atom stereocenters. The molecule has 5 N–H and O–H groups in total. The van der Waals surface area contributed by atoms with Crippen LogP contribution in [-0.4, -0.2) is 5.91 Å². The van der Waals surface area contributed by atoms with Crippen molar-refractivity contribution in [1.29, 1.82) is 0 Å². The van der Waals surface area contributed by atoms with Gasteiger partial charge in [0, 0.05) is 17.3 Å². The maximum Gasteiger partial charge on any atom is 0.235 e. The van der Waals surface area contributed by atoms with Gasteiger partial charge in [-0.2, -0.15) is 0 Å². The summed E-state index contributed by atoms with van der Waals surface area (Å²) in [7, 11) is 0. The number of hydrazine groups is 1. The predicted molar refractivity (Wildman–Crippen MR) is 53.2 cm³/mol. The van der Waals surface area contributed by atoms with E-state index in [1.807, 2.05) is 11.5 Å². The standard InChI is InChI=1S/C7H10ClN3OS/c8-6-2-1-5(13-6)4(9)3-7(12)11-10/h1-2,4H,3,9-10H2,(H,11,12). The molecule has 1 aromatic heterocycles. The monoisotopic (exact) mass is 219 g/mol. The molecule has 0 bridgehead atoms. The summed E-state index contributed by atoms with van der Waals surface area (Å²) < 4.78 is 0.665. The van der Waals surface area contributed by atoms with E-state index in [1.165, 1.54) is 11.3 Å². The SMILES string of the molecule is NNC(=O)CC(N)c1ccc(Cl)s1. The topological polar surface area (TPSA) is 81.1 Å². The molecule has 13 heavy (non-hydrogen) atoms. The number of hydrogen-bond donors (Lipinski definition) is 3. The highest BCUT2D eigenvalue weighted by atomic mass is 35.5. The molecule has 0 aromatic carbocycles. The van der Waals surface area contributed by atoms with Gasteiger partial charge in [-0.3, -0.25) is 10.2 Å². The smallest absolute Gasteiger partial charge is 0.235 e. The molecule has 0 aliphatic carbocycles. The number of amides is 1. The van der Waals surface area contributed by atoms with Crippen LogP contribution >= 0.6 is 22.9 Å². The minimum atomic E-state index is -0.332. The number of rotatable bonds is 3. The van der Waals surface area contributed by atoms with Crippen molar-refractivity contribution >= 4 is 28.8 Å². The lowest BCUT2D eigenvalue weighted by atomic mass is 10.2. The van der Waals surface area contributed by atoms with Crippen LogP contribution in [0.25, 0.3) is 0 Å². The van der Waals surface area contributed by atoms with E-state index in [2.05, 4.69) is 0 Å². The molecule has 0 aliphatic rings. The van der Waals surface area contributed by atoms with E-state index in [0.29, 0.717) is 4.34 Å². The molecule has 0 radical (unpaired) electrons. The zero-order valence-electron chi connectivity index (χ0n) is 6.79. The predicted octanol–water partition coefficient (Wildman–Crippen LogP) is 0.781. The zero-order valence-corrected chi connectivity index (χ0v) is 8.36. The van der Waals surface area contributed by atoms with Gasteiger partial charge in [0.2, 0.25) is 5.91 Å². The van der Waals surface area contributed by atoms with Crippen LogP contribution in [0.1, 0.15) is 17.3 Å². The van der Waals surface area contributed by atoms with Crippen molar-refractivity contribution in [3.8, 4) is 0 Å². The lowest BCUT2D eigenvalue weighted by Gasteiger charge is -2.06. The minimum absolute atomic E-state index is 0.174. The highest BCUT2D eigenvalue weighted by Crippen LogP contribution is 2.26. The average Bonchev–Trinajstić information content (AvgIpc) is 2.51. The van der Waals surface area contributed by atoms with Gasteiger partial charge in [0.25, 0.3) is 0 Å². The molecule has 72 valence electrons. The van der Waals surface area contributed by atoms with Gasteiger partial charge >= 0.3 is 0 Å². The van der Waals surface area contributed by atoms with Gasteiger partial charge in [0.15, 0.2) is 0 Å². The Labute approximate surface area is 84.8 Å². The molecule has 1 rings (SSSR count). The molecule has 0 spiro atoms. The molecular weight excluding hydrogens is 210 g/mol. The first-order chi connectivity index (χ1) is 6.13. The number of carbonyl (C=O) groups is 1. The first kappa shape index (κ1) is 10.5. The molecule has 1 amide bonds. The third-order valence-corrected chi connectivity index (χ3v) is 2.89. The molecule has 0 saturated heterocycles. The minimum Gasteiger partial charge on any atom is -0.323 e. The van der Waals surface area contributed by atoms with E-state index in [0.717, 1.165) is 4.88 Å². The van der Waals surface area contributed by atoms with Crippen LogP contribution in [0.4, 0.5) is 0 Å². The van der Waals surface area contributed by atoms with Gasteiger partial charge in [-0.05, 0) is 12.1 Å². The van der Waals surface area contributed by atoms with E-state index < -0.39 is 0 Å². The lowest BCUT2D eigenvalue weighted by molar-refractivity contribution is -0.121. The Morgan fingerprint density at radius 2 is 2.38 bits per heavy atom. The zero-order chi connectivity index (χ0) is 9.84. The number of carbonyl (C=O) groups excluding carboxylic acids is 1. The fourth-order valence-electron chi connectivity index (χ4n) is 0.887. The summed E-state index contributed by atoms with van der Waals surface area (Å²) in [5, 5.41) is 0. The van der Waals surface area contributed by atoms with Crippen LogP contribution < -0.4 is 17.0 Å². The maximum absolute atomic E-state index is 10.9. The second-order valence-corrected chi connectivity index (χ2v) is 4.27. The van der Waals surface area contributed by atoms with E-state index in [1.54, 1.807) is 6.07 Å². The second kappa shape index (κ2) is 4.57. The summed E-state index contributed by atoms with van der Waals surface area (Å²) in [5.74, 6) is 4.65. The van der Waals surface area contributed by atoms with Gasteiger partial charge in [-0.25, -0.2) is 5.84 Å². The average molecular weight is 220 g/mol. The number of halogens is 1. The van der Waals surface area contributed by atoms with Crippen molar-refractivity contribution < 1.29 is 4.79 Å². The summed E-state index contributed by atoms with van der Waals surface area (Å²) >= 11 is 7.08. The first-order valence-corrected chi connectivity index (χ1v) is 4.83. The van der Waals surface area contributed by atoms with Gasteiger partial charge in [-0.1, -0.05) is 11.6 Å². The summed E-state index contributed by atoms with van der Waals surface area (Å²) in [6, 6.07) is 3.23. The van der Waals surface area contributed by atoms with Crippen LogP contribution in [0, 0.1) is 0 Å². The fourth-order valence-corrected chi connectivity index (χ4v) is 1.95. The van der Waals surface area contributed by atoms with Crippen LogP contribution in [0.3, 0.4) is 0 Å². The summed E-state index contributed by atoms with van der Waals surface area (Å²) in [4.78, 5) is 11.7. The quantitative estimate of drug-likeness (QED) is 0.399. The Kier molecular flexibility index (Phi) is 3.68. The van der Waals surface area contributed by atoms with E-state index in [9.17, 15) is 4.79 Å². The van der Waals surface area contributed by atoms with Crippen molar-refractivity contribution in [1.82, 2.24) is 5.43 Å². The molecule has 4 nitrogen and oxygen atoms in total. The van der Waals surface area contributed by atoms with Crippen LogP contribution in [0.15, 0.2) is 12.1 Å². The Bertz CT molecular complexity index is 302. The van der Waals surface area contributed by atoms with Crippen LogP contribution in [-0.2, 0) is 4.79 Å². The first-order valence-electron chi connectivity index (χ1n) is 3.63. The fraction of sp³-hybridized carbons (Fsp3) is 0.286. The third kappa shape index (κ3) is 2.96. The third-order valence-electron chi connectivity index (χ3n) is 1.53. The Hall–Kier alpha value is -0.620. The van der Waals surface area contributed by atoms with Gasteiger partial charge in [0.05, 0.1) is 4.34 Å². The van der Waals surface area contributed by atoms with Gasteiger partial charge < -0.3 is 5.73 Å². The molecule has 0 fully saturated rings. The number of nitrogens with one attached hydrogen (secondary N) is 1. The molecule has 0 saturated carbocycles. The Morgan fingerprint density at radius 1 is 1.69 bits per heavy atom. The lowest BCUT2D eigenvalue weighted by Crippen LogP contribution is -2.32. The Balaban J connectivity index is 2.58. The Morgan fingerprint density at radius 3 is 2.85 bits per heavy atom. The summed E-state index contributed by atoms with van der Waals surface area (Å²) in [6.45, 7) is 0. The normalized spacial score (nSPS) is 12.5. The van der Waals surface area contributed by atoms with Crippen molar-refractivity contribution in [3.63, 3.8) is 0 Å². The van der Waals surface area contributed by atoms with Gasteiger partial charge in [0.1, 0.15) is 0 Å². The molecule has 1 heterocycles. The summed E-state index contributed by atoms with van der Waals surface area (Å²) in [6.07, 6.45) is 0.174. The van der Waals surface area contributed by atoms with Crippen molar-refractivity contribution in [2.45, 2.75) is 12.5 Å². The van der Waals surface area contributed by atoms with E-state index >= 15 is 0 Å². The summed E-state index contributed by atoms with van der Waals surface area (Å²) in [5.41, 5.74) is 7.75.